The topological polar surface area (TPSA) is 0 Å². The molecule has 0 N–H and O–H groups in total. The SMILES string of the molecule is Cc1cc[c-](C)c1.[CH-]=C(C)C=C(C)C.[Ru+2]. The first-order valence-corrected chi connectivity index (χ1v) is 4.85. The van der Waals surface area contributed by atoms with Gasteiger partial charge in [0.1, 0.15) is 0 Å². The fourth-order valence-electron chi connectivity index (χ4n) is 1.17. The molecule has 0 aliphatic carbocycles. The van der Waals surface area contributed by atoms with Crippen LogP contribution in [0.4, 0.5) is 0 Å². The van der Waals surface area contributed by atoms with E-state index in [-0.39, 0.29) is 19.5 Å². The van der Waals surface area contributed by atoms with Gasteiger partial charge in [0, 0.05) is 0 Å². The zero-order valence-corrected chi connectivity index (χ0v) is 12.0. The van der Waals surface area contributed by atoms with Crippen molar-refractivity contribution < 1.29 is 19.5 Å². The van der Waals surface area contributed by atoms with Crippen LogP contribution < -0.4 is 0 Å². The average molecular weight is 289 g/mol. The Labute approximate surface area is 107 Å². The first-order chi connectivity index (χ1) is 6.41. The smallest absolute Gasteiger partial charge is 0.290 e. The van der Waals surface area contributed by atoms with Gasteiger partial charge in [-0.2, -0.15) is 23.3 Å². The maximum absolute atomic E-state index is 5.33. The van der Waals surface area contributed by atoms with Crippen molar-refractivity contribution in [1.29, 1.82) is 0 Å². The van der Waals surface area contributed by atoms with Gasteiger partial charge in [0.15, 0.2) is 0 Å². The summed E-state index contributed by atoms with van der Waals surface area (Å²) in [6.07, 6.45) is 1.94. The second-order valence-corrected chi connectivity index (χ2v) is 3.93. The van der Waals surface area contributed by atoms with Crippen LogP contribution in [0, 0.1) is 20.4 Å². The van der Waals surface area contributed by atoms with Gasteiger partial charge >= 0.3 is 19.5 Å². The average Bonchev–Trinajstić information content (AvgIpc) is 2.32. The van der Waals surface area contributed by atoms with Crippen molar-refractivity contribution >= 4 is 0 Å². The molecule has 0 heterocycles. The Morgan fingerprint density at radius 2 is 1.87 bits per heavy atom. The summed E-state index contributed by atoms with van der Waals surface area (Å²) in [6.45, 7) is 15.5. The molecule has 0 aromatic heterocycles. The minimum Gasteiger partial charge on any atom is -0.290 e. The Hall–Kier alpha value is -0.547. The maximum Gasteiger partial charge on any atom is 2.00 e. The van der Waals surface area contributed by atoms with Crippen molar-refractivity contribution in [3.63, 3.8) is 0 Å². The summed E-state index contributed by atoms with van der Waals surface area (Å²) in [5.74, 6) is 0. The molecule has 0 unspecified atom stereocenters. The van der Waals surface area contributed by atoms with Gasteiger partial charge in [0.05, 0.1) is 0 Å². The van der Waals surface area contributed by atoms with Gasteiger partial charge in [0.25, 0.3) is 0 Å². The van der Waals surface area contributed by atoms with Crippen LogP contribution in [0.15, 0.2) is 35.4 Å². The van der Waals surface area contributed by atoms with Crippen LogP contribution in [-0.2, 0) is 19.5 Å². The molecule has 0 aliphatic heterocycles. The minimum absolute atomic E-state index is 0. The molecule has 15 heavy (non-hydrogen) atoms. The first-order valence-electron chi connectivity index (χ1n) is 4.85. The largest absolute Gasteiger partial charge is 2.00 e. The zero-order chi connectivity index (χ0) is 11.1. The predicted molar refractivity (Wildman–Crippen MR) is 64.4 cm³/mol. The Bertz CT molecular complexity index is 295. The molecule has 84 valence electrons. The molecule has 0 fully saturated rings. The number of allylic oxidation sites excluding steroid dienone is 3. The van der Waals surface area contributed by atoms with E-state index < -0.39 is 0 Å². The van der Waals surface area contributed by atoms with Crippen LogP contribution in [0.1, 0.15) is 31.9 Å². The Morgan fingerprint density at radius 1 is 1.33 bits per heavy atom. The molecule has 0 bridgehead atoms. The zero-order valence-electron chi connectivity index (χ0n) is 10.2. The Morgan fingerprint density at radius 3 is 1.93 bits per heavy atom. The fraction of sp³-hybridized carbons (Fsp3) is 0.357. The van der Waals surface area contributed by atoms with Crippen LogP contribution in [0.3, 0.4) is 0 Å². The number of aryl methyl sites for hydroxylation is 2. The van der Waals surface area contributed by atoms with Crippen molar-refractivity contribution in [1.82, 2.24) is 0 Å². The van der Waals surface area contributed by atoms with Crippen LogP contribution in [-0.4, -0.2) is 0 Å². The molecule has 0 spiro atoms. The summed E-state index contributed by atoms with van der Waals surface area (Å²) in [4.78, 5) is 0. The van der Waals surface area contributed by atoms with Gasteiger partial charge in [-0.1, -0.05) is 34.6 Å². The van der Waals surface area contributed by atoms with Crippen molar-refractivity contribution in [3.05, 3.63) is 53.1 Å². The van der Waals surface area contributed by atoms with Crippen LogP contribution >= 0.6 is 0 Å². The normalized spacial score (nSPS) is 8.07. The van der Waals surface area contributed by atoms with Crippen LogP contribution in [0.2, 0.25) is 0 Å². The van der Waals surface area contributed by atoms with Crippen molar-refractivity contribution in [2.24, 2.45) is 0 Å². The number of hydrogen-bond acceptors (Lipinski definition) is 0. The van der Waals surface area contributed by atoms with E-state index in [1.165, 1.54) is 16.7 Å². The van der Waals surface area contributed by atoms with E-state index in [4.69, 9.17) is 6.58 Å². The Kier molecular flexibility index (Phi) is 9.82. The molecule has 0 nitrogen and oxygen atoms in total. The van der Waals surface area contributed by atoms with E-state index in [0.717, 1.165) is 5.57 Å². The van der Waals surface area contributed by atoms with Crippen LogP contribution in [0.5, 0.6) is 0 Å². The third-order valence-corrected chi connectivity index (χ3v) is 1.58. The molecule has 1 rings (SSSR count). The van der Waals surface area contributed by atoms with E-state index >= 15 is 0 Å². The summed E-state index contributed by atoms with van der Waals surface area (Å²) < 4.78 is 0. The van der Waals surface area contributed by atoms with E-state index in [1.807, 2.05) is 26.8 Å². The summed E-state index contributed by atoms with van der Waals surface area (Å²) >= 11 is 0. The summed E-state index contributed by atoms with van der Waals surface area (Å²) in [5.41, 5.74) is 4.84. The summed E-state index contributed by atoms with van der Waals surface area (Å²) in [7, 11) is 0. The monoisotopic (exact) mass is 290 g/mol. The third kappa shape index (κ3) is 11.4. The summed E-state index contributed by atoms with van der Waals surface area (Å²) in [5, 5.41) is 0. The van der Waals surface area contributed by atoms with E-state index in [1.54, 1.807) is 0 Å². The maximum atomic E-state index is 5.33. The van der Waals surface area contributed by atoms with Crippen molar-refractivity contribution in [3.8, 4) is 0 Å². The Balaban J connectivity index is 0. The van der Waals surface area contributed by atoms with Crippen molar-refractivity contribution in [2.45, 2.75) is 34.6 Å². The molecule has 1 heteroatoms. The van der Waals surface area contributed by atoms with E-state index in [9.17, 15) is 0 Å². The minimum atomic E-state index is 0. The van der Waals surface area contributed by atoms with Gasteiger partial charge < -0.3 is 0 Å². The fourth-order valence-corrected chi connectivity index (χ4v) is 1.17. The second kappa shape index (κ2) is 8.74. The molecule has 0 aliphatic rings. The number of hydrogen-bond donors (Lipinski definition) is 0. The molecular formula is C14H20Ru. The first kappa shape index (κ1) is 16.9. The molecule has 1 aromatic rings. The van der Waals surface area contributed by atoms with Gasteiger partial charge in [-0.05, 0) is 0 Å². The molecule has 0 amide bonds. The molecule has 0 saturated carbocycles. The van der Waals surface area contributed by atoms with Crippen molar-refractivity contribution in [2.75, 3.05) is 0 Å². The molecule has 0 saturated heterocycles. The van der Waals surface area contributed by atoms with Gasteiger partial charge in [-0.3, -0.25) is 6.58 Å². The van der Waals surface area contributed by atoms with E-state index in [2.05, 4.69) is 32.0 Å². The van der Waals surface area contributed by atoms with Gasteiger partial charge in [-0.25, -0.2) is 23.3 Å². The van der Waals surface area contributed by atoms with Crippen LogP contribution in [0.25, 0.3) is 0 Å². The molecule has 1 aromatic carbocycles. The van der Waals surface area contributed by atoms with Gasteiger partial charge in [-0.15, -0.1) is 0 Å². The second-order valence-electron chi connectivity index (χ2n) is 3.93. The molecule has 0 radical (unpaired) electrons. The summed E-state index contributed by atoms with van der Waals surface area (Å²) in [6, 6.07) is 6.41. The van der Waals surface area contributed by atoms with Gasteiger partial charge in [0.2, 0.25) is 0 Å². The molecular weight excluding hydrogens is 269 g/mol. The predicted octanol–water partition coefficient (Wildman–Crippen LogP) is 4.35. The number of rotatable bonds is 1. The standard InChI is InChI=1S/C7H9.C7H11.Ru/c1-6-3-4-7(2)5-6;1-6(2)5-7(3)4;/h3-5H,1-2H3;1,5H,2-4H3;/q2*-1;+2. The third-order valence-electron chi connectivity index (χ3n) is 1.58. The quantitative estimate of drug-likeness (QED) is 0.409. The van der Waals surface area contributed by atoms with E-state index in [0.29, 0.717) is 0 Å². The molecule has 0 atom stereocenters.